The zero-order chi connectivity index (χ0) is 32.0. The zero-order valence-corrected chi connectivity index (χ0v) is 26.8. The van der Waals surface area contributed by atoms with Gasteiger partial charge in [0.2, 0.25) is 11.9 Å². The first-order valence-electron chi connectivity index (χ1n) is 15.4. The van der Waals surface area contributed by atoms with E-state index in [9.17, 15) is 18.0 Å². The maximum atomic E-state index is 13.9. The molecule has 1 fully saturated rings. The number of aryl methyl sites for hydroxylation is 2. The maximum absolute atomic E-state index is 13.9. The van der Waals surface area contributed by atoms with Gasteiger partial charge in [-0.1, -0.05) is 75.1 Å². The van der Waals surface area contributed by atoms with Gasteiger partial charge in [-0.15, -0.1) is 0 Å². The molecule has 2 heterocycles. The zero-order valence-electron chi connectivity index (χ0n) is 26.0. The molecule has 1 aliphatic rings. The number of hydrogen-bond acceptors (Lipinski definition) is 8. The lowest BCUT2D eigenvalue weighted by molar-refractivity contribution is -0.124. The first-order chi connectivity index (χ1) is 21.7. The van der Waals surface area contributed by atoms with Crippen molar-refractivity contribution in [1.82, 2.24) is 24.2 Å². The molecule has 1 aliphatic carbocycles. The van der Waals surface area contributed by atoms with Crippen molar-refractivity contribution in [3.63, 3.8) is 0 Å². The summed E-state index contributed by atoms with van der Waals surface area (Å²) in [5.41, 5.74) is 3.13. The summed E-state index contributed by atoms with van der Waals surface area (Å²) in [5.74, 6) is 0.496. The molecule has 4 aromatic rings. The number of amides is 1. The number of aromatic nitrogens is 4. The highest BCUT2D eigenvalue weighted by molar-refractivity contribution is 7.90. The van der Waals surface area contributed by atoms with Crippen LogP contribution in [-0.4, -0.2) is 41.0 Å². The van der Waals surface area contributed by atoms with Gasteiger partial charge in [-0.05, 0) is 49.8 Å². The number of carbonyl (C=O) groups excluding carboxylic acids is 1. The molecule has 0 atom stereocenters. The Morgan fingerprint density at radius 3 is 2.38 bits per heavy atom. The van der Waals surface area contributed by atoms with Crippen molar-refractivity contribution in [2.24, 2.45) is 5.92 Å². The predicted molar refractivity (Wildman–Crippen MR) is 172 cm³/mol. The van der Waals surface area contributed by atoms with Gasteiger partial charge in [0.25, 0.3) is 15.6 Å². The van der Waals surface area contributed by atoms with Crippen LogP contribution in [0.4, 0.5) is 0 Å². The van der Waals surface area contributed by atoms with E-state index in [-0.39, 0.29) is 22.3 Å². The van der Waals surface area contributed by atoms with Crippen LogP contribution in [0.5, 0.6) is 5.75 Å². The monoisotopic (exact) mass is 629 g/mol. The number of unbranched alkanes of at least 4 members (excludes halogenated alkanes) is 1. The number of rotatable bonds is 11. The minimum atomic E-state index is -4.08. The van der Waals surface area contributed by atoms with E-state index in [4.69, 9.17) is 9.72 Å². The highest BCUT2D eigenvalue weighted by Gasteiger charge is 2.27. The number of nitrogens with one attached hydrogen (secondary N) is 1. The van der Waals surface area contributed by atoms with Gasteiger partial charge in [0.1, 0.15) is 5.82 Å². The molecule has 236 valence electrons. The largest absolute Gasteiger partial charge is 0.494 e. The van der Waals surface area contributed by atoms with Gasteiger partial charge in [-0.25, -0.2) is 32.7 Å². The molecule has 45 heavy (non-hydrogen) atoms. The van der Waals surface area contributed by atoms with Crippen molar-refractivity contribution in [3.8, 4) is 22.8 Å². The van der Waals surface area contributed by atoms with Gasteiger partial charge in [-0.3, -0.25) is 9.59 Å². The van der Waals surface area contributed by atoms with Gasteiger partial charge >= 0.3 is 0 Å². The lowest BCUT2D eigenvalue weighted by Gasteiger charge is -2.21. The summed E-state index contributed by atoms with van der Waals surface area (Å²) in [5, 5.41) is 0. The van der Waals surface area contributed by atoms with E-state index in [1.165, 1.54) is 30.1 Å². The Labute approximate surface area is 264 Å². The Kier molecular flexibility index (Phi) is 10.1. The van der Waals surface area contributed by atoms with Gasteiger partial charge < -0.3 is 4.74 Å². The van der Waals surface area contributed by atoms with E-state index < -0.39 is 15.9 Å². The summed E-state index contributed by atoms with van der Waals surface area (Å²) in [4.78, 5) is 40.2. The van der Waals surface area contributed by atoms with Crippen molar-refractivity contribution >= 4 is 15.9 Å². The Morgan fingerprint density at radius 1 is 1.02 bits per heavy atom. The summed E-state index contributed by atoms with van der Waals surface area (Å²) in [6, 6.07) is 14.1. The molecule has 1 amide bonds. The number of sulfonamides is 1. The second-order valence-corrected chi connectivity index (χ2v) is 13.1. The van der Waals surface area contributed by atoms with E-state index in [1.54, 1.807) is 25.1 Å². The lowest BCUT2D eigenvalue weighted by Crippen LogP contribution is -2.36. The van der Waals surface area contributed by atoms with Crippen LogP contribution in [0.2, 0.25) is 0 Å². The van der Waals surface area contributed by atoms with E-state index in [1.807, 2.05) is 24.3 Å². The summed E-state index contributed by atoms with van der Waals surface area (Å²) in [7, 11) is -2.55. The first kappa shape index (κ1) is 32.0. The third kappa shape index (κ3) is 7.30. The van der Waals surface area contributed by atoms with Crippen molar-refractivity contribution in [1.29, 1.82) is 0 Å². The van der Waals surface area contributed by atoms with Crippen LogP contribution in [0, 0.1) is 12.8 Å². The third-order valence-electron chi connectivity index (χ3n) is 8.28. The van der Waals surface area contributed by atoms with Gasteiger partial charge in [0, 0.05) is 23.5 Å². The molecule has 0 spiro atoms. The second-order valence-electron chi connectivity index (χ2n) is 11.4. The average molecular weight is 630 g/mol. The van der Waals surface area contributed by atoms with E-state index in [2.05, 4.69) is 21.6 Å². The Hall–Kier alpha value is -4.38. The van der Waals surface area contributed by atoms with Crippen LogP contribution >= 0.6 is 0 Å². The normalized spacial score (nSPS) is 13.8. The molecule has 11 heteroatoms. The SMILES string of the molecule is CCCCc1nc(C)n(-c2ncc(OC)cn2)c(=O)c1Cc1ccc(-c2ccccc2S(=O)(=O)NC(=O)C2CCCCC2)cc1. The van der Waals surface area contributed by atoms with Crippen LogP contribution in [0.3, 0.4) is 0 Å². The lowest BCUT2D eigenvalue weighted by atomic mass is 9.89. The number of ether oxygens (including phenoxy) is 1. The van der Waals surface area contributed by atoms with E-state index >= 15 is 0 Å². The molecule has 1 N–H and O–H groups in total. The molecule has 1 saturated carbocycles. The van der Waals surface area contributed by atoms with Gasteiger partial charge in [-0.2, -0.15) is 0 Å². The molecule has 5 rings (SSSR count). The average Bonchev–Trinajstić information content (AvgIpc) is 3.06. The Balaban J connectivity index is 1.44. The van der Waals surface area contributed by atoms with Crippen LogP contribution in [0.15, 0.2) is 70.6 Å². The van der Waals surface area contributed by atoms with Crippen molar-refractivity contribution in [3.05, 3.63) is 93.9 Å². The number of carbonyl (C=O) groups is 1. The molecule has 0 radical (unpaired) electrons. The number of nitrogens with zero attached hydrogens (tertiary/aromatic N) is 4. The molecule has 10 nitrogen and oxygen atoms in total. The fourth-order valence-electron chi connectivity index (χ4n) is 5.79. The molecule has 2 aromatic carbocycles. The van der Waals surface area contributed by atoms with Crippen molar-refractivity contribution in [2.45, 2.75) is 76.5 Å². The van der Waals surface area contributed by atoms with E-state index in [0.717, 1.165) is 43.4 Å². The smallest absolute Gasteiger partial charge is 0.264 e. The molecule has 2 aromatic heterocycles. The van der Waals surface area contributed by atoms with Crippen LogP contribution in [0.25, 0.3) is 17.1 Å². The summed E-state index contributed by atoms with van der Waals surface area (Å²) in [6.45, 7) is 3.86. The Bertz CT molecular complexity index is 1810. The van der Waals surface area contributed by atoms with Gasteiger partial charge in [0.15, 0.2) is 5.75 Å². The molecular formula is C34H39N5O5S. The number of benzene rings is 2. The minimum absolute atomic E-state index is 0.0499. The third-order valence-corrected chi connectivity index (χ3v) is 9.69. The van der Waals surface area contributed by atoms with Gasteiger partial charge in [0.05, 0.1) is 30.1 Å². The molecule has 0 unspecified atom stereocenters. The summed E-state index contributed by atoms with van der Waals surface area (Å²) < 4.78 is 35.6. The molecular weight excluding hydrogens is 590 g/mol. The quantitative estimate of drug-likeness (QED) is 0.236. The second kappa shape index (κ2) is 14.2. The highest BCUT2D eigenvalue weighted by atomic mass is 32.2. The van der Waals surface area contributed by atoms with Crippen LogP contribution in [-0.2, 0) is 27.7 Å². The van der Waals surface area contributed by atoms with Crippen LogP contribution < -0.4 is 15.0 Å². The molecule has 0 aliphatic heterocycles. The first-order valence-corrected chi connectivity index (χ1v) is 16.9. The maximum Gasteiger partial charge on any atom is 0.264 e. The fourth-order valence-corrected chi connectivity index (χ4v) is 7.07. The highest BCUT2D eigenvalue weighted by Crippen LogP contribution is 2.29. The van der Waals surface area contributed by atoms with Crippen LogP contribution in [0.1, 0.15) is 74.5 Å². The molecule has 0 saturated heterocycles. The van der Waals surface area contributed by atoms with Crippen molar-refractivity contribution < 1.29 is 17.9 Å². The topological polar surface area (TPSA) is 133 Å². The minimum Gasteiger partial charge on any atom is -0.494 e. The standard InChI is InChI=1S/C34H39N5O5S/c1-4-5-14-30-29(33(41)39(23(2)37-30)34-35-21-27(44-3)22-36-34)20-24-16-18-25(19-17-24)28-13-9-10-15-31(28)45(42,43)38-32(40)26-11-7-6-8-12-26/h9-10,13,15-19,21-22,26H,4-8,11-12,14,20H2,1-3H3,(H,38,40). The number of hydrogen-bond donors (Lipinski definition) is 1. The Morgan fingerprint density at radius 2 is 1.71 bits per heavy atom. The van der Waals surface area contributed by atoms with E-state index in [0.29, 0.717) is 53.9 Å². The predicted octanol–water partition coefficient (Wildman–Crippen LogP) is 5.33. The van der Waals surface area contributed by atoms with Crippen molar-refractivity contribution in [2.75, 3.05) is 7.11 Å². The summed E-state index contributed by atoms with van der Waals surface area (Å²) in [6.07, 6.45) is 10.2. The number of methoxy groups -OCH3 is 1. The molecule has 0 bridgehead atoms. The summed E-state index contributed by atoms with van der Waals surface area (Å²) >= 11 is 0. The fraction of sp³-hybridized carbons (Fsp3) is 0.382.